The Morgan fingerprint density at radius 2 is 1.95 bits per heavy atom. The number of halogens is 3. The minimum absolute atomic E-state index is 0.000944. The van der Waals surface area contributed by atoms with Crippen molar-refractivity contribution >= 4 is 21.8 Å². The molecule has 1 aromatic rings. The van der Waals surface area contributed by atoms with Crippen LogP contribution in [0.4, 0.5) is 8.78 Å². The van der Waals surface area contributed by atoms with Crippen LogP contribution in [0.2, 0.25) is 0 Å². The van der Waals surface area contributed by atoms with Gasteiger partial charge in [0.15, 0.2) is 0 Å². The topological polar surface area (TPSA) is 32.3 Å². The zero-order valence-electron chi connectivity index (χ0n) is 12.3. The first-order valence-corrected chi connectivity index (χ1v) is 7.77. The number of alkyl halides is 2. The molecule has 0 spiro atoms. The number of nitrogens with zero attached hydrogens (tertiary/aromatic N) is 1. The SMILES string of the molecule is CCCN(CC(=O)NC(C)c1ccc(Br)cc1)CC(F)F. The molecular weight excluding hydrogens is 342 g/mol. The van der Waals surface area contributed by atoms with Gasteiger partial charge in [0.25, 0.3) is 6.43 Å². The van der Waals surface area contributed by atoms with E-state index in [0.29, 0.717) is 6.54 Å². The van der Waals surface area contributed by atoms with Gasteiger partial charge in [-0.15, -0.1) is 0 Å². The number of benzene rings is 1. The van der Waals surface area contributed by atoms with Crippen molar-refractivity contribution < 1.29 is 13.6 Å². The maximum atomic E-state index is 12.4. The van der Waals surface area contributed by atoms with Gasteiger partial charge in [0.05, 0.1) is 19.1 Å². The molecule has 0 aromatic heterocycles. The Balaban J connectivity index is 2.52. The first-order valence-electron chi connectivity index (χ1n) is 6.97. The summed E-state index contributed by atoms with van der Waals surface area (Å²) in [6.45, 7) is 3.90. The summed E-state index contributed by atoms with van der Waals surface area (Å²) in [4.78, 5) is 13.4. The van der Waals surface area contributed by atoms with Gasteiger partial charge in [-0.1, -0.05) is 35.0 Å². The lowest BCUT2D eigenvalue weighted by molar-refractivity contribution is -0.123. The molecule has 1 N–H and O–H groups in total. The van der Waals surface area contributed by atoms with E-state index < -0.39 is 6.43 Å². The van der Waals surface area contributed by atoms with E-state index in [1.165, 1.54) is 4.90 Å². The molecule has 0 saturated carbocycles. The lowest BCUT2D eigenvalue weighted by Crippen LogP contribution is -2.40. The number of carbonyl (C=O) groups is 1. The second-order valence-electron chi connectivity index (χ2n) is 4.97. The van der Waals surface area contributed by atoms with Gasteiger partial charge in [0.2, 0.25) is 5.91 Å². The predicted molar refractivity (Wildman–Crippen MR) is 83.4 cm³/mol. The number of rotatable bonds is 8. The number of nitrogens with one attached hydrogen (secondary N) is 1. The summed E-state index contributed by atoms with van der Waals surface area (Å²) >= 11 is 3.35. The van der Waals surface area contributed by atoms with Crippen molar-refractivity contribution in [3.63, 3.8) is 0 Å². The lowest BCUT2D eigenvalue weighted by Gasteiger charge is -2.22. The molecule has 1 rings (SSSR count). The van der Waals surface area contributed by atoms with Crippen molar-refractivity contribution in [2.24, 2.45) is 0 Å². The van der Waals surface area contributed by atoms with Gasteiger partial charge >= 0.3 is 0 Å². The van der Waals surface area contributed by atoms with Crippen molar-refractivity contribution in [1.82, 2.24) is 10.2 Å². The van der Waals surface area contributed by atoms with Crippen LogP contribution in [0.25, 0.3) is 0 Å². The highest BCUT2D eigenvalue weighted by molar-refractivity contribution is 9.10. The first-order chi connectivity index (χ1) is 9.92. The second kappa shape index (κ2) is 9.10. The molecule has 0 bridgehead atoms. The third kappa shape index (κ3) is 7.00. The molecule has 0 saturated heterocycles. The molecule has 1 aromatic carbocycles. The highest BCUT2D eigenvalue weighted by Gasteiger charge is 2.16. The standard InChI is InChI=1S/C15H21BrF2N2O/c1-3-8-20(9-14(17)18)10-15(21)19-11(2)12-4-6-13(16)7-5-12/h4-7,11,14H,3,8-10H2,1-2H3,(H,19,21). The van der Waals surface area contributed by atoms with Crippen LogP contribution in [0, 0.1) is 0 Å². The van der Waals surface area contributed by atoms with E-state index in [1.807, 2.05) is 38.1 Å². The highest BCUT2D eigenvalue weighted by Crippen LogP contribution is 2.16. The van der Waals surface area contributed by atoms with Crippen molar-refractivity contribution in [2.75, 3.05) is 19.6 Å². The maximum absolute atomic E-state index is 12.4. The average molecular weight is 363 g/mol. The summed E-state index contributed by atoms with van der Waals surface area (Å²) in [5, 5.41) is 2.84. The molecule has 6 heteroatoms. The summed E-state index contributed by atoms with van der Waals surface area (Å²) in [5.74, 6) is -0.237. The Morgan fingerprint density at radius 1 is 1.33 bits per heavy atom. The molecule has 1 unspecified atom stereocenters. The Kier molecular flexibility index (Phi) is 7.82. The molecule has 0 aliphatic rings. The van der Waals surface area contributed by atoms with Gasteiger partial charge in [0, 0.05) is 4.47 Å². The fourth-order valence-corrected chi connectivity index (χ4v) is 2.34. The molecule has 0 fully saturated rings. The molecule has 118 valence electrons. The molecule has 1 atom stereocenters. The van der Waals surface area contributed by atoms with Gasteiger partial charge < -0.3 is 5.32 Å². The predicted octanol–water partition coefficient (Wildman–Crippen LogP) is 3.60. The number of amides is 1. The van der Waals surface area contributed by atoms with Gasteiger partial charge in [-0.2, -0.15) is 0 Å². The molecule has 0 radical (unpaired) electrons. The first kappa shape index (κ1) is 18.0. The van der Waals surface area contributed by atoms with Crippen molar-refractivity contribution in [3.05, 3.63) is 34.3 Å². The van der Waals surface area contributed by atoms with Gasteiger partial charge in [-0.3, -0.25) is 9.69 Å². The minimum atomic E-state index is -2.42. The summed E-state index contributed by atoms with van der Waals surface area (Å²) in [6.07, 6.45) is -1.68. The average Bonchev–Trinajstić information content (AvgIpc) is 2.38. The third-order valence-corrected chi connectivity index (χ3v) is 3.58. The van der Waals surface area contributed by atoms with E-state index in [1.54, 1.807) is 0 Å². The van der Waals surface area contributed by atoms with Crippen molar-refractivity contribution in [1.29, 1.82) is 0 Å². The normalized spacial score (nSPS) is 12.7. The zero-order valence-corrected chi connectivity index (χ0v) is 13.9. The lowest BCUT2D eigenvalue weighted by atomic mass is 10.1. The quantitative estimate of drug-likeness (QED) is 0.766. The van der Waals surface area contributed by atoms with Crippen LogP contribution < -0.4 is 5.32 Å². The van der Waals surface area contributed by atoms with Crippen LogP contribution in [0.5, 0.6) is 0 Å². The second-order valence-corrected chi connectivity index (χ2v) is 5.88. The van der Waals surface area contributed by atoms with E-state index in [9.17, 15) is 13.6 Å². The molecule has 1 amide bonds. The van der Waals surface area contributed by atoms with Crippen molar-refractivity contribution in [3.8, 4) is 0 Å². The van der Waals surface area contributed by atoms with Gasteiger partial charge in [-0.25, -0.2) is 8.78 Å². The van der Waals surface area contributed by atoms with E-state index in [0.717, 1.165) is 16.5 Å². The minimum Gasteiger partial charge on any atom is -0.348 e. The summed E-state index contributed by atoms with van der Waals surface area (Å²) in [6, 6.07) is 7.48. The molecular formula is C15H21BrF2N2O. The fourth-order valence-electron chi connectivity index (χ4n) is 2.07. The van der Waals surface area contributed by atoms with Crippen LogP contribution in [-0.4, -0.2) is 36.9 Å². The Labute approximate surface area is 132 Å². The smallest absolute Gasteiger partial charge is 0.251 e. The van der Waals surface area contributed by atoms with E-state index in [4.69, 9.17) is 0 Å². The van der Waals surface area contributed by atoms with E-state index in [2.05, 4.69) is 21.2 Å². The number of carbonyl (C=O) groups excluding carboxylic acids is 1. The molecule has 0 heterocycles. The molecule has 21 heavy (non-hydrogen) atoms. The summed E-state index contributed by atoms with van der Waals surface area (Å²) in [5.41, 5.74) is 0.974. The summed E-state index contributed by atoms with van der Waals surface area (Å²) in [7, 11) is 0. The molecule has 0 aliphatic carbocycles. The van der Waals surface area contributed by atoms with Gasteiger partial charge in [-0.05, 0) is 37.6 Å². The zero-order chi connectivity index (χ0) is 15.8. The highest BCUT2D eigenvalue weighted by atomic mass is 79.9. The van der Waals surface area contributed by atoms with Crippen LogP contribution in [0.15, 0.2) is 28.7 Å². The number of hydrogen-bond acceptors (Lipinski definition) is 2. The van der Waals surface area contributed by atoms with Crippen LogP contribution in [0.3, 0.4) is 0 Å². The van der Waals surface area contributed by atoms with E-state index >= 15 is 0 Å². The van der Waals surface area contributed by atoms with Crippen LogP contribution in [-0.2, 0) is 4.79 Å². The van der Waals surface area contributed by atoms with Crippen LogP contribution >= 0.6 is 15.9 Å². The van der Waals surface area contributed by atoms with Crippen molar-refractivity contribution in [2.45, 2.75) is 32.7 Å². The van der Waals surface area contributed by atoms with E-state index in [-0.39, 0.29) is 25.0 Å². The van der Waals surface area contributed by atoms with Crippen LogP contribution in [0.1, 0.15) is 31.9 Å². The Hall–Kier alpha value is -1.01. The summed E-state index contributed by atoms with van der Waals surface area (Å²) < 4.78 is 25.9. The fraction of sp³-hybridized carbons (Fsp3) is 0.533. The monoisotopic (exact) mass is 362 g/mol. The largest absolute Gasteiger partial charge is 0.348 e. The molecule has 3 nitrogen and oxygen atoms in total. The Morgan fingerprint density at radius 3 is 2.48 bits per heavy atom. The number of hydrogen-bond donors (Lipinski definition) is 1. The third-order valence-electron chi connectivity index (χ3n) is 3.05. The maximum Gasteiger partial charge on any atom is 0.251 e. The molecule has 0 aliphatic heterocycles. The van der Waals surface area contributed by atoms with Gasteiger partial charge in [0.1, 0.15) is 0 Å². The Bertz CT molecular complexity index is 440.